The summed E-state index contributed by atoms with van der Waals surface area (Å²) < 4.78 is 11.3. The molecule has 0 aromatic heterocycles. The number of aryl methyl sites for hydroxylation is 1. The average molecular weight is 383 g/mol. The molecule has 140 valence electrons. The van der Waals surface area contributed by atoms with Crippen LogP contribution in [0.1, 0.15) is 23.6 Å². The van der Waals surface area contributed by atoms with Gasteiger partial charge in [-0.15, -0.1) is 0 Å². The molecule has 2 aromatic carbocycles. The predicted molar refractivity (Wildman–Crippen MR) is 107 cm³/mol. The van der Waals surface area contributed by atoms with Gasteiger partial charge in [-0.1, -0.05) is 35.9 Å². The van der Waals surface area contributed by atoms with E-state index in [1.165, 1.54) is 10.5 Å². The minimum Gasteiger partial charge on any atom is -0.493 e. The third-order valence-electron chi connectivity index (χ3n) is 4.15. The molecule has 0 N–H and O–H groups in total. The first-order valence-corrected chi connectivity index (χ1v) is 9.45. The second kappa shape index (κ2) is 8.31. The Kier molecular flexibility index (Phi) is 5.86. The van der Waals surface area contributed by atoms with E-state index in [1.807, 2.05) is 37.3 Å². The number of carbonyl (C=O) groups is 2. The number of rotatable bonds is 6. The normalized spacial score (nSPS) is 15.5. The highest BCUT2D eigenvalue weighted by Crippen LogP contribution is 2.34. The SMILES string of the molecule is CCN1C(=O)S/C(=C/c2ccc(OCc3cccc(C)c3)c(OC)c2)C1=O. The van der Waals surface area contributed by atoms with Crippen molar-refractivity contribution >= 4 is 29.0 Å². The molecule has 6 heteroatoms. The maximum Gasteiger partial charge on any atom is 0.293 e. The number of likely N-dealkylation sites (N-methyl/N-ethyl adjacent to an activating group) is 1. The second-order valence-electron chi connectivity index (χ2n) is 6.11. The maximum atomic E-state index is 12.2. The van der Waals surface area contributed by atoms with E-state index in [0.29, 0.717) is 29.6 Å². The number of thioether (sulfide) groups is 1. The highest BCUT2D eigenvalue weighted by molar-refractivity contribution is 8.18. The zero-order valence-corrected chi connectivity index (χ0v) is 16.3. The van der Waals surface area contributed by atoms with Gasteiger partial charge < -0.3 is 9.47 Å². The molecule has 5 nitrogen and oxygen atoms in total. The van der Waals surface area contributed by atoms with Crippen molar-refractivity contribution in [2.45, 2.75) is 20.5 Å². The molecule has 0 saturated carbocycles. The van der Waals surface area contributed by atoms with E-state index in [0.717, 1.165) is 22.9 Å². The summed E-state index contributed by atoms with van der Waals surface area (Å²) in [4.78, 5) is 25.7. The molecular weight excluding hydrogens is 362 g/mol. The predicted octanol–water partition coefficient (Wildman–Crippen LogP) is 4.64. The highest BCUT2D eigenvalue weighted by atomic mass is 32.2. The van der Waals surface area contributed by atoms with Gasteiger partial charge in [0.15, 0.2) is 11.5 Å². The number of hydrogen-bond acceptors (Lipinski definition) is 5. The largest absolute Gasteiger partial charge is 0.493 e. The van der Waals surface area contributed by atoms with Gasteiger partial charge in [-0.05, 0) is 54.9 Å². The number of ether oxygens (including phenoxy) is 2. The molecule has 1 fully saturated rings. The van der Waals surface area contributed by atoms with Crippen LogP contribution in [0, 0.1) is 6.92 Å². The van der Waals surface area contributed by atoms with E-state index in [-0.39, 0.29) is 11.1 Å². The molecular formula is C21H21NO4S. The zero-order chi connectivity index (χ0) is 19.4. The van der Waals surface area contributed by atoms with Crippen molar-refractivity contribution in [1.29, 1.82) is 0 Å². The topological polar surface area (TPSA) is 55.8 Å². The Morgan fingerprint density at radius 3 is 2.59 bits per heavy atom. The lowest BCUT2D eigenvalue weighted by molar-refractivity contribution is -0.122. The van der Waals surface area contributed by atoms with Gasteiger partial charge in [0.2, 0.25) is 0 Å². The van der Waals surface area contributed by atoms with E-state index in [1.54, 1.807) is 26.2 Å². The summed E-state index contributed by atoms with van der Waals surface area (Å²) in [6.07, 6.45) is 1.70. The minimum absolute atomic E-state index is 0.237. The van der Waals surface area contributed by atoms with Crippen LogP contribution in [-0.4, -0.2) is 29.7 Å². The van der Waals surface area contributed by atoms with Gasteiger partial charge in [0, 0.05) is 6.54 Å². The highest BCUT2D eigenvalue weighted by Gasteiger charge is 2.33. The van der Waals surface area contributed by atoms with Crippen molar-refractivity contribution in [3.05, 3.63) is 64.1 Å². The Bertz CT molecular complexity index is 907. The zero-order valence-electron chi connectivity index (χ0n) is 15.5. The number of nitrogens with zero attached hydrogens (tertiary/aromatic N) is 1. The smallest absolute Gasteiger partial charge is 0.293 e. The van der Waals surface area contributed by atoms with Gasteiger partial charge in [0.25, 0.3) is 11.1 Å². The summed E-state index contributed by atoms with van der Waals surface area (Å²) in [5, 5.41) is -0.237. The van der Waals surface area contributed by atoms with E-state index >= 15 is 0 Å². The van der Waals surface area contributed by atoms with Crippen molar-refractivity contribution in [2.24, 2.45) is 0 Å². The van der Waals surface area contributed by atoms with Crippen LogP contribution in [0.25, 0.3) is 6.08 Å². The molecule has 0 bridgehead atoms. The Hall–Kier alpha value is -2.73. The number of hydrogen-bond donors (Lipinski definition) is 0. The third kappa shape index (κ3) is 4.34. The van der Waals surface area contributed by atoms with Crippen molar-refractivity contribution < 1.29 is 19.1 Å². The van der Waals surface area contributed by atoms with Crippen LogP contribution in [0.2, 0.25) is 0 Å². The van der Waals surface area contributed by atoms with Crippen LogP contribution in [0.15, 0.2) is 47.4 Å². The average Bonchev–Trinajstić information content (AvgIpc) is 2.93. The van der Waals surface area contributed by atoms with Crippen molar-refractivity contribution in [3.8, 4) is 11.5 Å². The van der Waals surface area contributed by atoms with E-state index < -0.39 is 0 Å². The number of methoxy groups -OCH3 is 1. The lowest BCUT2D eigenvalue weighted by atomic mass is 10.1. The molecule has 0 radical (unpaired) electrons. The van der Waals surface area contributed by atoms with Crippen LogP contribution in [0.3, 0.4) is 0 Å². The van der Waals surface area contributed by atoms with Gasteiger partial charge >= 0.3 is 0 Å². The number of amides is 2. The summed E-state index contributed by atoms with van der Waals surface area (Å²) in [5.41, 5.74) is 3.03. The molecule has 1 aliphatic rings. The number of imide groups is 1. The van der Waals surface area contributed by atoms with Crippen molar-refractivity contribution in [2.75, 3.05) is 13.7 Å². The van der Waals surface area contributed by atoms with E-state index in [9.17, 15) is 9.59 Å². The monoisotopic (exact) mass is 383 g/mol. The van der Waals surface area contributed by atoms with Crippen LogP contribution in [-0.2, 0) is 11.4 Å². The molecule has 1 saturated heterocycles. The summed E-state index contributed by atoms with van der Waals surface area (Å²) >= 11 is 0.954. The Morgan fingerprint density at radius 2 is 1.93 bits per heavy atom. The molecule has 0 unspecified atom stereocenters. The summed E-state index contributed by atoms with van der Waals surface area (Å²) in [7, 11) is 1.57. The van der Waals surface area contributed by atoms with Gasteiger partial charge in [-0.25, -0.2) is 0 Å². The lowest BCUT2D eigenvalue weighted by Gasteiger charge is -2.12. The maximum absolute atomic E-state index is 12.2. The van der Waals surface area contributed by atoms with Crippen molar-refractivity contribution in [1.82, 2.24) is 4.90 Å². The molecule has 0 spiro atoms. The first kappa shape index (κ1) is 19.0. The molecule has 1 aliphatic heterocycles. The minimum atomic E-state index is -0.258. The van der Waals surface area contributed by atoms with E-state index in [4.69, 9.17) is 9.47 Å². The third-order valence-corrected chi connectivity index (χ3v) is 5.06. The van der Waals surface area contributed by atoms with Crippen LogP contribution >= 0.6 is 11.8 Å². The van der Waals surface area contributed by atoms with Crippen LogP contribution < -0.4 is 9.47 Å². The molecule has 1 heterocycles. The fourth-order valence-electron chi connectivity index (χ4n) is 2.78. The quantitative estimate of drug-likeness (QED) is 0.680. The molecule has 0 aliphatic carbocycles. The number of benzene rings is 2. The molecule has 2 amide bonds. The second-order valence-corrected chi connectivity index (χ2v) is 7.11. The summed E-state index contributed by atoms with van der Waals surface area (Å²) in [5.74, 6) is 0.940. The van der Waals surface area contributed by atoms with Gasteiger partial charge in [-0.3, -0.25) is 14.5 Å². The van der Waals surface area contributed by atoms with E-state index in [2.05, 4.69) is 6.07 Å². The first-order valence-electron chi connectivity index (χ1n) is 8.63. The van der Waals surface area contributed by atoms with Gasteiger partial charge in [0.05, 0.1) is 12.0 Å². The van der Waals surface area contributed by atoms with Crippen LogP contribution in [0.4, 0.5) is 4.79 Å². The van der Waals surface area contributed by atoms with Crippen LogP contribution in [0.5, 0.6) is 11.5 Å². The summed E-state index contributed by atoms with van der Waals surface area (Å²) in [6.45, 7) is 4.63. The Balaban J connectivity index is 1.77. The van der Waals surface area contributed by atoms with Gasteiger partial charge in [-0.2, -0.15) is 0 Å². The molecule has 2 aromatic rings. The number of carbonyl (C=O) groups excluding carboxylic acids is 2. The van der Waals surface area contributed by atoms with Gasteiger partial charge in [0.1, 0.15) is 6.61 Å². The molecule has 0 atom stereocenters. The fraction of sp³-hybridized carbons (Fsp3) is 0.238. The standard InChI is InChI=1S/C21H21NO4S/c1-4-22-20(23)19(27-21(22)24)12-15-8-9-17(18(11-15)25-3)26-13-16-7-5-6-14(2)10-16/h5-12H,4,13H2,1-3H3/b19-12+. The fourth-order valence-corrected chi connectivity index (χ4v) is 3.68. The Labute approximate surface area is 163 Å². The van der Waals surface area contributed by atoms with Crippen molar-refractivity contribution in [3.63, 3.8) is 0 Å². The molecule has 3 rings (SSSR count). The first-order chi connectivity index (χ1) is 13.0. The lowest BCUT2D eigenvalue weighted by Crippen LogP contribution is -2.27. The molecule has 27 heavy (non-hydrogen) atoms. The summed E-state index contributed by atoms with van der Waals surface area (Å²) in [6, 6.07) is 13.6. The Morgan fingerprint density at radius 1 is 1.11 bits per heavy atom.